The molecule has 2 N–H and O–H groups in total. The summed E-state index contributed by atoms with van der Waals surface area (Å²) in [6.45, 7) is 0.851. The molecule has 2 aromatic carbocycles. The van der Waals surface area contributed by atoms with Crippen LogP contribution >= 0.6 is 23.4 Å². The van der Waals surface area contributed by atoms with E-state index in [2.05, 4.69) is 15.6 Å². The number of halogens is 6. The van der Waals surface area contributed by atoms with E-state index in [9.17, 15) is 26.0 Å². The van der Waals surface area contributed by atoms with Crippen LogP contribution in [0.4, 0.5) is 40.4 Å². The Balaban J connectivity index is 1.99. The molecular formula is C22H21Cl2F4N5O2S. The number of alkyl halides is 3. The zero-order valence-electron chi connectivity index (χ0n) is 18.9. The lowest BCUT2D eigenvalue weighted by Crippen LogP contribution is -2.28. The van der Waals surface area contributed by atoms with Gasteiger partial charge in [-0.3, -0.25) is 0 Å². The Morgan fingerprint density at radius 2 is 1.81 bits per heavy atom. The van der Waals surface area contributed by atoms with Gasteiger partial charge >= 0.3 is 6.18 Å². The Labute approximate surface area is 215 Å². The summed E-state index contributed by atoms with van der Waals surface area (Å²) in [7, 11) is -1.28. The molecule has 14 heteroatoms. The van der Waals surface area contributed by atoms with Gasteiger partial charge in [-0.2, -0.15) is 25.4 Å². The number of pyridine rings is 1. The maximum atomic E-state index is 15.0. The van der Waals surface area contributed by atoms with Crippen LogP contribution < -0.4 is 19.4 Å². The number of sulfonamides is 1. The number of nitrogens with zero attached hydrogens (tertiary/aromatic N) is 3. The molecule has 1 aromatic heterocycles. The molecule has 0 aliphatic heterocycles. The molecule has 0 aliphatic carbocycles. The molecule has 0 spiro atoms. The van der Waals surface area contributed by atoms with E-state index in [-0.39, 0.29) is 27.9 Å². The van der Waals surface area contributed by atoms with E-state index in [1.165, 1.54) is 24.4 Å². The topological polar surface area (TPSA) is 77.6 Å². The monoisotopic (exact) mass is 565 g/mol. The summed E-state index contributed by atoms with van der Waals surface area (Å²) < 4.78 is 80.9. The number of benzene rings is 2. The van der Waals surface area contributed by atoms with Gasteiger partial charge in [-0.25, -0.2) is 9.37 Å². The number of hydrogen-bond donors (Lipinski definition) is 2. The number of hydrogen-bond acceptors (Lipinski definition) is 6. The molecule has 0 radical (unpaired) electrons. The molecule has 1 heterocycles. The van der Waals surface area contributed by atoms with Crippen LogP contribution in [0.5, 0.6) is 0 Å². The van der Waals surface area contributed by atoms with Crippen molar-refractivity contribution in [1.82, 2.24) is 10.3 Å². The SMILES string of the molecule is CNCCN(C)c1cc(C(F)(F)F)ccc1Nc1cc(F)c(S(=O)(=O)N(Cl)c2ccccn2)cc1Cl. The molecule has 3 aromatic rings. The van der Waals surface area contributed by atoms with E-state index in [0.29, 0.717) is 16.9 Å². The maximum Gasteiger partial charge on any atom is 0.416 e. The van der Waals surface area contributed by atoms with Crippen molar-refractivity contribution < 1.29 is 26.0 Å². The van der Waals surface area contributed by atoms with Crippen LogP contribution in [-0.2, 0) is 16.2 Å². The molecule has 0 amide bonds. The van der Waals surface area contributed by atoms with E-state index >= 15 is 0 Å². The summed E-state index contributed by atoms with van der Waals surface area (Å²) in [5, 5.41) is 5.51. The fourth-order valence-electron chi connectivity index (χ4n) is 3.16. The van der Waals surface area contributed by atoms with Crippen molar-refractivity contribution in [3.05, 3.63) is 71.1 Å². The van der Waals surface area contributed by atoms with Crippen LogP contribution in [-0.4, -0.2) is 40.6 Å². The second kappa shape index (κ2) is 11.1. The van der Waals surface area contributed by atoms with Crippen molar-refractivity contribution >= 4 is 56.3 Å². The predicted molar refractivity (Wildman–Crippen MR) is 133 cm³/mol. The Morgan fingerprint density at radius 3 is 2.42 bits per heavy atom. The molecule has 7 nitrogen and oxygen atoms in total. The van der Waals surface area contributed by atoms with E-state index < -0.39 is 32.5 Å². The van der Waals surface area contributed by atoms with E-state index in [1.54, 1.807) is 25.1 Å². The molecule has 0 aliphatic rings. The second-order valence-electron chi connectivity index (χ2n) is 7.55. The van der Waals surface area contributed by atoms with Gasteiger partial charge in [0.1, 0.15) is 10.7 Å². The van der Waals surface area contributed by atoms with Gasteiger partial charge in [0.05, 0.1) is 27.6 Å². The molecule has 3 rings (SSSR count). The summed E-state index contributed by atoms with van der Waals surface area (Å²) in [5.41, 5.74) is -0.550. The smallest absolute Gasteiger partial charge is 0.372 e. The van der Waals surface area contributed by atoms with Crippen LogP contribution in [0.25, 0.3) is 0 Å². The molecule has 0 fully saturated rings. The van der Waals surface area contributed by atoms with Crippen LogP contribution in [0.2, 0.25) is 5.02 Å². The minimum absolute atomic E-state index is 0.0601. The summed E-state index contributed by atoms with van der Waals surface area (Å²) in [4.78, 5) is 4.60. The lowest BCUT2D eigenvalue weighted by Gasteiger charge is -2.25. The lowest BCUT2D eigenvalue weighted by atomic mass is 10.1. The lowest BCUT2D eigenvalue weighted by molar-refractivity contribution is -0.137. The third-order valence-corrected chi connectivity index (χ3v) is 7.55. The summed E-state index contributed by atoms with van der Waals surface area (Å²) in [6, 6.07) is 9.07. The Kier molecular flexibility index (Phi) is 8.55. The van der Waals surface area contributed by atoms with Crippen molar-refractivity contribution in [2.45, 2.75) is 11.1 Å². The first-order valence-electron chi connectivity index (χ1n) is 10.3. The van der Waals surface area contributed by atoms with Gasteiger partial charge in [0.2, 0.25) is 0 Å². The highest BCUT2D eigenvalue weighted by molar-refractivity contribution is 7.94. The highest BCUT2D eigenvalue weighted by atomic mass is 35.5. The van der Waals surface area contributed by atoms with Crippen molar-refractivity contribution in [3.8, 4) is 0 Å². The zero-order chi connectivity index (χ0) is 26.7. The first-order valence-corrected chi connectivity index (χ1v) is 12.5. The summed E-state index contributed by atoms with van der Waals surface area (Å²) >= 11 is 12.2. The maximum absolute atomic E-state index is 15.0. The van der Waals surface area contributed by atoms with Gasteiger partial charge < -0.3 is 15.5 Å². The molecule has 0 saturated heterocycles. The van der Waals surface area contributed by atoms with Crippen LogP contribution in [0, 0.1) is 5.82 Å². The number of anilines is 4. The van der Waals surface area contributed by atoms with E-state index in [1.807, 2.05) is 0 Å². The molecule has 0 unspecified atom stereocenters. The zero-order valence-corrected chi connectivity index (χ0v) is 21.3. The highest BCUT2D eigenvalue weighted by Crippen LogP contribution is 2.39. The predicted octanol–water partition coefficient (Wildman–Crippen LogP) is 5.64. The van der Waals surface area contributed by atoms with Crippen molar-refractivity contribution in [1.29, 1.82) is 0 Å². The van der Waals surface area contributed by atoms with Crippen molar-refractivity contribution in [2.75, 3.05) is 41.2 Å². The quantitative estimate of drug-likeness (QED) is 0.258. The Hall–Kier alpha value is -2.80. The van der Waals surface area contributed by atoms with Crippen molar-refractivity contribution in [2.24, 2.45) is 0 Å². The molecule has 0 atom stereocenters. The molecule has 36 heavy (non-hydrogen) atoms. The molecule has 0 bridgehead atoms. The van der Waals surface area contributed by atoms with Gasteiger partial charge in [0.25, 0.3) is 10.0 Å². The first kappa shape index (κ1) is 27.8. The molecule has 194 valence electrons. The summed E-state index contributed by atoms with van der Waals surface area (Å²) in [6.07, 6.45) is -3.26. The average molecular weight is 566 g/mol. The van der Waals surface area contributed by atoms with Gasteiger partial charge in [-0.15, -0.1) is 0 Å². The standard InChI is InChI=1S/C22H21Cl2F4N5O2S/c1-29-9-10-32(2)19-11-14(22(26,27)28)6-7-17(19)31-18-13-16(25)20(12-15(18)23)36(34,35)33(24)21-5-3-4-8-30-21/h3-8,11-13,29,31H,9-10H2,1-2H3. The largest absolute Gasteiger partial charge is 0.416 e. The van der Waals surface area contributed by atoms with Gasteiger partial charge in [-0.05, 0) is 43.4 Å². The third-order valence-electron chi connectivity index (χ3n) is 5.04. The van der Waals surface area contributed by atoms with Crippen LogP contribution in [0.1, 0.15) is 5.56 Å². The van der Waals surface area contributed by atoms with Crippen LogP contribution in [0.3, 0.4) is 0 Å². The molecule has 0 saturated carbocycles. The van der Waals surface area contributed by atoms with Crippen molar-refractivity contribution in [3.63, 3.8) is 0 Å². The number of likely N-dealkylation sites (N-methyl/N-ethyl adjacent to an activating group) is 2. The number of nitrogens with one attached hydrogen (secondary N) is 2. The minimum atomic E-state index is -4.58. The fraction of sp³-hybridized carbons (Fsp3) is 0.227. The average Bonchev–Trinajstić information content (AvgIpc) is 2.84. The normalized spacial score (nSPS) is 11.9. The fourth-order valence-corrected chi connectivity index (χ4v) is 4.86. The first-order chi connectivity index (χ1) is 16.9. The minimum Gasteiger partial charge on any atom is -0.372 e. The van der Waals surface area contributed by atoms with E-state index in [4.69, 9.17) is 23.4 Å². The van der Waals surface area contributed by atoms with Gasteiger partial charge in [0, 0.05) is 44.2 Å². The summed E-state index contributed by atoms with van der Waals surface area (Å²) in [5.74, 6) is -1.34. The number of rotatable bonds is 9. The Bertz CT molecular complexity index is 1330. The second-order valence-corrected chi connectivity index (χ2v) is 10.3. The number of aromatic nitrogens is 1. The third kappa shape index (κ3) is 6.12. The van der Waals surface area contributed by atoms with E-state index in [0.717, 1.165) is 24.3 Å². The Morgan fingerprint density at radius 1 is 1.08 bits per heavy atom. The van der Waals surface area contributed by atoms with Gasteiger partial charge in [0.15, 0.2) is 5.82 Å². The molecular weight excluding hydrogens is 545 g/mol. The van der Waals surface area contributed by atoms with Crippen LogP contribution in [0.15, 0.2) is 59.6 Å². The highest BCUT2D eigenvalue weighted by Gasteiger charge is 2.32. The van der Waals surface area contributed by atoms with Gasteiger partial charge in [-0.1, -0.05) is 17.7 Å².